The Hall–Kier alpha value is -1.50. The predicted octanol–water partition coefficient (Wildman–Crippen LogP) is 3.32. The van der Waals surface area contributed by atoms with Crippen molar-refractivity contribution >= 4 is 23.6 Å². The zero-order valence-corrected chi connectivity index (χ0v) is 12.7. The van der Waals surface area contributed by atoms with Gasteiger partial charge in [0.1, 0.15) is 6.29 Å². The van der Waals surface area contributed by atoms with Crippen LogP contribution in [0, 0.1) is 10.1 Å². The van der Waals surface area contributed by atoms with Crippen LogP contribution in [0.5, 0.6) is 0 Å². The fourth-order valence-corrected chi connectivity index (χ4v) is 2.19. The van der Waals surface area contributed by atoms with Crippen molar-refractivity contribution < 1.29 is 19.2 Å². The molecule has 0 saturated heterocycles. The SMILES string of the molecule is CCOC(CC(C=O)c1cc(Cl)ccc1[N+](=O)[O-])OCC. The van der Waals surface area contributed by atoms with Crippen LogP contribution in [0.15, 0.2) is 18.2 Å². The summed E-state index contributed by atoms with van der Waals surface area (Å²) in [5.74, 6) is -0.716. The van der Waals surface area contributed by atoms with Crippen molar-refractivity contribution in [2.24, 2.45) is 0 Å². The third kappa shape index (κ3) is 5.08. The number of hydrogen-bond donors (Lipinski definition) is 0. The Kier molecular flexibility index (Phi) is 7.28. The highest BCUT2D eigenvalue weighted by Crippen LogP contribution is 2.31. The summed E-state index contributed by atoms with van der Waals surface area (Å²) in [6.45, 7) is 4.47. The van der Waals surface area contributed by atoms with Crippen molar-refractivity contribution in [3.8, 4) is 0 Å². The van der Waals surface area contributed by atoms with Crippen LogP contribution in [0.4, 0.5) is 5.69 Å². The van der Waals surface area contributed by atoms with Crippen LogP contribution < -0.4 is 0 Å². The van der Waals surface area contributed by atoms with Crippen LogP contribution in [-0.2, 0) is 14.3 Å². The number of nitro benzene ring substituents is 1. The zero-order valence-electron chi connectivity index (χ0n) is 12.0. The largest absolute Gasteiger partial charge is 0.353 e. The zero-order chi connectivity index (χ0) is 15.8. The summed E-state index contributed by atoms with van der Waals surface area (Å²) in [5, 5.41) is 11.4. The standard InChI is InChI=1S/C14H18ClNO5/c1-3-20-14(21-4-2)7-10(9-17)12-8-11(15)5-6-13(12)16(18)19/h5-6,8-10,14H,3-4,7H2,1-2H3. The number of halogens is 1. The molecule has 0 bridgehead atoms. The molecule has 0 saturated carbocycles. The number of ether oxygens (including phenoxy) is 2. The number of carbonyl (C=O) groups is 1. The summed E-state index contributed by atoms with van der Waals surface area (Å²) in [5.41, 5.74) is 0.134. The van der Waals surface area contributed by atoms with Crippen molar-refractivity contribution in [1.82, 2.24) is 0 Å². The Labute approximate surface area is 128 Å². The van der Waals surface area contributed by atoms with Crippen molar-refractivity contribution in [2.45, 2.75) is 32.5 Å². The van der Waals surface area contributed by atoms with E-state index in [0.717, 1.165) is 0 Å². The molecule has 0 amide bonds. The molecule has 1 aromatic rings. The maximum atomic E-state index is 11.4. The van der Waals surface area contributed by atoms with Gasteiger partial charge in [0, 0.05) is 36.3 Å². The molecule has 0 heterocycles. The highest BCUT2D eigenvalue weighted by molar-refractivity contribution is 6.30. The molecule has 1 rings (SSSR count). The number of rotatable bonds is 9. The summed E-state index contributed by atoms with van der Waals surface area (Å²) in [6, 6.07) is 4.16. The molecular formula is C14H18ClNO5. The Morgan fingerprint density at radius 1 is 1.33 bits per heavy atom. The Morgan fingerprint density at radius 3 is 2.43 bits per heavy atom. The molecule has 0 aliphatic rings. The van der Waals surface area contributed by atoms with Gasteiger partial charge in [-0.15, -0.1) is 0 Å². The second kappa shape index (κ2) is 8.71. The number of carbonyl (C=O) groups excluding carboxylic acids is 1. The second-order valence-electron chi connectivity index (χ2n) is 4.28. The van der Waals surface area contributed by atoms with E-state index in [1.54, 1.807) is 0 Å². The quantitative estimate of drug-likeness (QED) is 0.302. The summed E-state index contributed by atoms with van der Waals surface area (Å²) >= 11 is 5.88. The normalized spacial score (nSPS) is 12.4. The summed E-state index contributed by atoms with van der Waals surface area (Å²) in [6.07, 6.45) is 0.268. The third-order valence-corrected chi connectivity index (χ3v) is 3.14. The monoisotopic (exact) mass is 315 g/mol. The fourth-order valence-electron chi connectivity index (χ4n) is 2.01. The van der Waals surface area contributed by atoms with Crippen LogP contribution in [0.25, 0.3) is 0 Å². The molecule has 0 aromatic heterocycles. The molecule has 0 N–H and O–H groups in total. The van der Waals surface area contributed by atoms with Gasteiger partial charge in [0.25, 0.3) is 5.69 Å². The van der Waals surface area contributed by atoms with Gasteiger partial charge in [-0.1, -0.05) is 11.6 Å². The molecule has 6 nitrogen and oxygen atoms in total. The lowest BCUT2D eigenvalue weighted by atomic mass is 9.95. The summed E-state index contributed by atoms with van der Waals surface area (Å²) < 4.78 is 10.8. The Bertz CT molecular complexity index is 488. The molecule has 1 atom stereocenters. The molecule has 116 valence electrons. The predicted molar refractivity (Wildman–Crippen MR) is 78.6 cm³/mol. The molecule has 0 radical (unpaired) electrons. The number of aldehydes is 1. The average Bonchev–Trinajstić information content (AvgIpc) is 2.44. The first-order valence-corrected chi connectivity index (χ1v) is 7.03. The average molecular weight is 316 g/mol. The molecule has 0 aliphatic carbocycles. The maximum absolute atomic E-state index is 11.4. The van der Waals surface area contributed by atoms with E-state index in [4.69, 9.17) is 21.1 Å². The molecule has 0 aliphatic heterocycles. The van der Waals surface area contributed by atoms with E-state index in [2.05, 4.69) is 0 Å². The van der Waals surface area contributed by atoms with Crippen LogP contribution in [0.2, 0.25) is 5.02 Å². The second-order valence-corrected chi connectivity index (χ2v) is 4.72. The highest BCUT2D eigenvalue weighted by Gasteiger charge is 2.25. The van der Waals surface area contributed by atoms with E-state index in [-0.39, 0.29) is 17.7 Å². The van der Waals surface area contributed by atoms with Gasteiger partial charge >= 0.3 is 0 Å². The minimum absolute atomic E-state index is 0.136. The summed E-state index contributed by atoms with van der Waals surface area (Å²) in [4.78, 5) is 21.9. The van der Waals surface area contributed by atoms with E-state index in [1.807, 2.05) is 13.8 Å². The van der Waals surface area contributed by atoms with E-state index < -0.39 is 17.1 Å². The molecule has 7 heteroatoms. The Morgan fingerprint density at radius 2 is 1.95 bits per heavy atom. The fraction of sp³-hybridized carbons (Fsp3) is 0.500. The van der Waals surface area contributed by atoms with Gasteiger partial charge in [-0.3, -0.25) is 10.1 Å². The van der Waals surface area contributed by atoms with Gasteiger partial charge in [-0.2, -0.15) is 0 Å². The first kappa shape index (κ1) is 17.6. The minimum atomic E-state index is -0.716. The molecule has 1 unspecified atom stereocenters. The molecular weight excluding hydrogens is 298 g/mol. The van der Waals surface area contributed by atoms with Crippen LogP contribution >= 0.6 is 11.6 Å². The van der Waals surface area contributed by atoms with E-state index in [9.17, 15) is 14.9 Å². The van der Waals surface area contributed by atoms with Crippen LogP contribution in [0.3, 0.4) is 0 Å². The van der Waals surface area contributed by atoms with Crippen LogP contribution in [0.1, 0.15) is 31.7 Å². The van der Waals surface area contributed by atoms with Gasteiger partial charge in [0.2, 0.25) is 0 Å². The van der Waals surface area contributed by atoms with E-state index in [0.29, 0.717) is 24.5 Å². The van der Waals surface area contributed by atoms with Crippen molar-refractivity contribution in [2.75, 3.05) is 13.2 Å². The molecule has 21 heavy (non-hydrogen) atoms. The lowest BCUT2D eigenvalue weighted by molar-refractivity contribution is -0.385. The number of nitro groups is 1. The Balaban J connectivity index is 3.05. The molecule has 0 spiro atoms. The minimum Gasteiger partial charge on any atom is -0.353 e. The maximum Gasteiger partial charge on any atom is 0.273 e. The van der Waals surface area contributed by atoms with E-state index in [1.165, 1.54) is 18.2 Å². The van der Waals surface area contributed by atoms with Crippen LogP contribution in [-0.4, -0.2) is 30.7 Å². The number of nitrogens with zero attached hydrogens (tertiary/aromatic N) is 1. The first-order valence-electron chi connectivity index (χ1n) is 6.65. The highest BCUT2D eigenvalue weighted by atomic mass is 35.5. The summed E-state index contributed by atoms with van der Waals surface area (Å²) in [7, 11) is 0. The smallest absolute Gasteiger partial charge is 0.273 e. The number of hydrogen-bond acceptors (Lipinski definition) is 5. The van der Waals surface area contributed by atoms with Gasteiger partial charge in [-0.05, 0) is 26.0 Å². The first-order chi connectivity index (χ1) is 10.0. The van der Waals surface area contributed by atoms with Gasteiger partial charge in [0.05, 0.1) is 10.8 Å². The number of benzene rings is 1. The third-order valence-electron chi connectivity index (χ3n) is 2.90. The topological polar surface area (TPSA) is 78.7 Å². The lowest BCUT2D eigenvalue weighted by Gasteiger charge is -2.20. The van der Waals surface area contributed by atoms with Crippen molar-refractivity contribution in [3.63, 3.8) is 0 Å². The van der Waals surface area contributed by atoms with E-state index >= 15 is 0 Å². The van der Waals surface area contributed by atoms with Crippen molar-refractivity contribution in [3.05, 3.63) is 38.9 Å². The lowest BCUT2D eigenvalue weighted by Crippen LogP contribution is -2.21. The molecule has 1 aromatic carbocycles. The van der Waals surface area contributed by atoms with Crippen molar-refractivity contribution in [1.29, 1.82) is 0 Å². The van der Waals surface area contributed by atoms with Gasteiger partial charge in [0.15, 0.2) is 6.29 Å². The molecule has 0 fully saturated rings. The van der Waals surface area contributed by atoms with Gasteiger partial charge < -0.3 is 14.3 Å². The van der Waals surface area contributed by atoms with Gasteiger partial charge in [-0.25, -0.2) is 0 Å².